The Hall–Kier alpha value is -0.0800. The molecule has 1 rings (SSSR count). The average molecular weight is 185 g/mol. The van der Waals surface area contributed by atoms with Gasteiger partial charge in [0.05, 0.1) is 6.10 Å². The molecule has 0 aromatic rings. The summed E-state index contributed by atoms with van der Waals surface area (Å²) in [4.78, 5) is 0. The van der Waals surface area contributed by atoms with E-state index < -0.39 is 0 Å². The molecular formula is C11H23NO. The van der Waals surface area contributed by atoms with E-state index in [1.165, 1.54) is 25.7 Å². The van der Waals surface area contributed by atoms with E-state index in [1.807, 2.05) is 6.92 Å². The second-order valence-electron chi connectivity index (χ2n) is 4.54. The summed E-state index contributed by atoms with van der Waals surface area (Å²) in [5.74, 6) is 0.899. The third-order valence-electron chi connectivity index (χ3n) is 2.92. The van der Waals surface area contributed by atoms with E-state index >= 15 is 0 Å². The zero-order chi connectivity index (χ0) is 9.68. The van der Waals surface area contributed by atoms with E-state index in [4.69, 9.17) is 0 Å². The standard InChI is InChI=1S/C11H23NO/c1-9(7-10(2)13)12-8-11-5-3-4-6-11/h9-13H,3-8H2,1-2H3. The lowest BCUT2D eigenvalue weighted by molar-refractivity contribution is 0.169. The fraction of sp³-hybridized carbons (Fsp3) is 1.00. The molecule has 0 spiro atoms. The highest BCUT2D eigenvalue weighted by atomic mass is 16.3. The molecule has 0 radical (unpaired) electrons. The first-order chi connectivity index (χ1) is 6.18. The maximum atomic E-state index is 9.17. The molecule has 2 heteroatoms. The largest absolute Gasteiger partial charge is 0.393 e. The first kappa shape index (κ1) is 11.0. The van der Waals surface area contributed by atoms with E-state index in [1.54, 1.807) is 0 Å². The monoisotopic (exact) mass is 185 g/mol. The van der Waals surface area contributed by atoms with E-state index in [0.717, 1.165) is 18.9 Å². The Morgan fingerprint density at radius 2 is 1.92 bits per heavy atom. The summed E-state index contributed by atoms with van der Waals surface area (Å²) in [6, 6.07) is 0.459. The minimum atomic E-state index is -0.175. The molecule has 0 aromatic heterocycles. The zero-order valence-electron chi connectivity index (χ0n) is 8.92. The quantitative estimate of drug-likeness (QED) is 0.686. The van der Waals surface area contributed by atoms with Gasteiger partial charge in [-0.15, -0.1) is 0 Å². The number of rotatable bonds is 5. The Morgan fingerprint density at radius 1 is 1.31 bits per heavy atom. The van der Waals surface area contributed by atoms with Gasteiger partial charge in [0.15, 0.2) is 0 Å². The molecule has 2 atom stereocenters. The van der Waals surface area contributed by atoms with Crippen LogP contribution in [-0.4, -0.2) is 23.8 Å². The minimum Gasteiger partial charge on any atom is -0.393 e. The molecule has 1 fully saturated rings. The highest BCUT2D eigenvalue weighted by Gasteiger charge is 2.15. The molecule has 2 unspecified atom stereocenters. The van der Waals surface area contributed by atoms with Crippen molar-refractivity contribution in [2.75, 3.05) is 6.54 Å². The van der Waals surface area contributed by atoms with Crippen molar-refractivity contribution in [3.63, 3.8) is 0 Å². The van der Waals surface area contributed by atoms with Gasteiger partial charge < -0.3 is 10.4 Å². The Bertz CT molecular complexity index is 130. The zero-order valence-corrected chi connectivity index (χ0v) is 8.92. The molecular weight excluding hydrogens is 162 g/mol. The lowest BCUT2D eigenvalue weighted by Crippen LogP contribution is -2.32. The van der Waals surface area contributed by atoms with Gasteiger partial charge in [-0.2, -0.15) is 0 Å². The van der Waals surface area contributed by atoms with E-state index in [2.05, 4.69) is 12.2 Å². The lowest BCUT2D eigenvalue weighted by atomic mass is 10.1. The van der Waals surface area contributed by atoms with Crippen LogP contribution in [0.25, 0.3) is 0 Å². The molecule has 0 aromatic carbocycles. The predicted octanol–water partition coefficient (Wildman–Crippen LogP) is 1.93. The summed E-state index contributed by atoms with van der Waals surface area (Å²) in [5, 5.41) is 12.7. The molecule has 0 bridgehead atoms. The number of aliphatic hydroxyl groups is 1. The highest BCUT2D eigenvalue weighted by molar-refractivity contribution is 4.72. The first-order valence-electron chi connectivity index (χ1n) is 5.60. The predicted molar refractivity (Wildman–Crippen MR) is 55.7 cm³/mol. The van der Waals surface area contributed by atoms with E-state index in [9.17, 15) is 5.11 Å². The summed E-state index contributed by atoms with van der Waals surface area (Å²) in [6.07, 6.45) is 6.31. The number of nitrogens with one attached hydrogen (secondary N) is 1. The van der Waals surface area contributed by atoms with Crippen molar-refractivity contribution in [2.24, 2.45) is 5.92 Å². The van der Waals surface area contributed by atoms with Crippen LogP contribution in [0.2, 0.25) is 0 Å². The van der Waals surface area contributed by atoms with Crippen LogP contribution in [0.4, 0.5) is 0 Å². The Labute approximate surface area is 81.7 Å². The van der Waals surface area contributed by atoms with Crippen LogP contribution >= 0.6 is 0 Å². The van der Waals surface area contributed by atoms with Crippen molar-refractivity contribution in [3.8, 4) is 0 Å². The second-order valence-corrected chi connectivity index (χ2v) is 4.54. The third kappa shape index (κ3) is 4.63. The molecule has 0 aliphatic heterocycles. The number of hydrogen-bond donors (Lipinski definition) is 2. The molecule has 13 heavy (non-hydrogen) atoms. The van der Waals surface area contributed by atoms with Gasteiger partial charge >= 0.3 is 0 Å². The van der Waals surface area contributed by atoms with Crippen molar-refractivity contribution in [1.29, 1.82) is 0 Å². The van der Waals surface area contributed by atoms with Crippen molar-refractivity contribution in [1.82, 2.24) is 5.32 Å². The molecule has 1 saturated carbocycles. The molecule has 0 saturated heterocycles. The molecule has 2 N–H and O–H groups in total. The summed E-state index contributed by atoms with van der Waals surface area (Å²) in [6.45, 7) is 5.16. The van der Waals surface area contributed by atoms with Crippen molar-refractivity contribution in [2.45, 2.75) is 58.1 Å². The molecule has 0 amide bonds. The summed E-state index contributed by atoms with van der Waals surface area (Å²) < 4.78 is 0. The molecule has 0 heterocycles. The van der Waals surface area contributed by atoms with Gasteiger partial charge in [-0.25, -0.2) is 0 Å². The smallest absolute Gasteiger partial charge is 0.0526 e. The van der Waals surface area contributed by atoms with Crippen molar-refractivity contribution in [3.05, 3.63) is 0 Å². The van der Waals surface area contributed by atoms with Crippen molar-refractivity contribution >= 4 is 0 Å². The average Bonchev–Trinajstić information content (AvgIpc) is 2.51. The van der Waals surface area contributed by atoms with Crippen LogP contribution in [0.1, 0.15) is 46.0 Å². The van der Waals surface area contributed by atoms with Gasteiger partial charge in [-0.05, 0) is 45.6 Å². The molecule has 2 nitrogen and oxygen atoms in total. The van der Waals surface area contributed by atoms with Crippen LogP contribution in [0.5, 0.6) is 0 Å². The van der Waals surface area contributed by atoms with Crippen LogP contribution in [-0.2, 0) is 0 Å². The minimum absolute atomic E-state index is 0.175. The highest BCUT2D eigenvalue weighted by Crippen LogP contribution is 2.23. The van der Waals surface area contributed by atoms with Gasteiger partial charge in [0.2, 0.25) is 0 Å². The summed E-state index contributed by atoms with van der Waals surface area (Å²) >= 11 is 0. The Balaban J connectivity index is 2.03. The number of aliphatic hydroxyl groups excluding tert-OH is 1. The van der Waals surface area contributed by atoms with Crippen LogP contribution in [0.3, 0.4) is 0 Å². The van der Waals surface area contributed by atoms with E-state index in [-0.39, 0.29) is 6.10 Å². The summed E-state index contributed by atoms with van der Waals surface area (Å²) in [7, 11) is 0. The first-order valence-corrected chi connectivity index (χ1v) is 5.60. The maximum absolute atomic E-state index is 9.17. The van der Waals surface area contributed by atoms with Crippen LogP contribution < -0.4 is 5.32 Å². The molecule has 1 aliphatic carbocycles. The fourth-order valence-corrected chi connectivity index (χ4v) is 2.18. The maximum Gasteiger partial charge on any atom is 0.0526 e. The van der Waals surface area contributed by atoms with E-state index in [0.29, 0.717) is 6.04 Å². The molecule has 78 valence electrons. The number of hydrogen-bond acceptors (Lipinski definition) is 2. The van der Waals surface area contributed by atoms with Gasteiger partial charge in [-0.1, -0.05) is 12.8 Å². The second kappa shape index (κ2) is 5.61. The van der Waals surface area contributed by atoms with Crippen LogP contribution in [0, 0.1) is 5.92 Å². The topological polar surface area (TPSA) is 32.3 Å². The third-order valence-corrected chi connectivity index (χ3v) is 2.92. The van der Waals surface area contributed by atoms with Gasteiger partial charge in [-0.3, -0.25) is 0 Å². The lowest BCUT2D eigenvalue weighted by Gasteiger charge is -2.18. The fourth-order valence-electron chi connectivity index (χ4n) is 2.18. The Morgan fingerprint density at radius 3 is 2.46 bits per heavy atom. The van der Waals surface area contributed by atoms with Gasteiger partial charge in [0.1, 0.15) is 0 Å². The van der Waals surface area contributed by atoms with Gasteiger partial charge in [0.25, 0.3) is 0 Å². The van der Waals surface area contributed by atoms with Gasteiger partial charge in [0, 0.05) is 6.04 Å². The molecule has 1 aliphatic rings. The normalized spacial score (nSPS) is 23.3. The SMILES string of the molecule is CC(O)CC(C)NCC1CCCC1. The summed E-state index contributed by atoms with van der Waals surface area (Å²) in [5.41, 5.74) is 0. The van der Waals surface area contributed by atoms with Crippen LogP contribution in [0.15, 0.2) is 0 Å². The Kier molecular flexibility index (Phi) is 4.74. The van der Waals surface area contributed by atoms with Crippen molar-refractivity contribution < 1.29 is 5.11 Å².